The Bertz CT molecular complexity index is 917. The molecule has 2 heterocycles. The normalized spacial score (nSPS) is 10.8. The molecule has 1 amide bonds. The highest BCUT2D eigenvalue weighted by Gasteiger charge is 2.12. The lowest BCUT2D eigenvalue weighted by Gasteiger charge is -2.10. The molecule has 1 N–H and O–H groups in total. The number of rotatable bonds is 8. The number of aryl methyl sites for hydroxylation is 3. The highest BCUT2D eigenvalue weighted by atomic mass is 32.2. The van der Waals surface area contributed by atoms with Crippen LogP contribution >= 0.6 is 11.8 Å². The number of hydrogen-bond acceptors (Lipinski definition) is 4. The Labute approximate surface area is 170 Å². The van der Waals surface area contributed by atoms with Crippen molar-refractivity contribution in [1.29, 1.82) is 0 Å². The maximum Gasteiger partial charge on any atom is 0.224 e. The van der Waals surface area contributed by atoms with Crippen LogP contribution in [0.5, 0.6) is 0 Å². The van der Waals surface area contributed by atoms with E-state index in [1.807, 2.05) is 43.5 Å². The minimum absolute atomic E-state index is 0.0189. The monoisotopic (exact) mass is 394 g/mol. The number of nitrogens with one attached hydrogen (secondary N) is 1. The summed E-state index contributed by atoms with van der Waals surface area (Å²) >= 11 is 1.70. The first-order valence-electron chi connectivity index (χ1n) is 9.51. The van der Waals surface area contributed by atoms with Gasteiger partial charge in [0.1, 0.15) is 5.82 Å². The van der Waals surface area contributed by atoms with Gasteiger partial charge in [-0.1, -0.05) is 30.0 Å². The number of aromatic nitrogens is 3. The molecule has 0 unspecified atom stereocenters. The summed E-state index contributed by atoms with van der Waals surface area (Å²) in [6.45, 7) is 7.05. The van der Waals surface area contributed by atoms with Gasteiger partial charge in [0.25, 0.3) is 0 Å². The molecule has 0 radical (unpaired) electrons. The minimum Gasteiger partial charge on any atom is -0.332 e. The van der Waals surface area contributed by atoms with E-state index in [4.69, 9.17) is 0 Å². The van der Waals surface area contributed by atoms with Crippen LogP contribution in [0.15, 0.2) is 53.7 Å². The summed E-state index contributed by atoms with van der Waals surface area (Å²) in [5.74, 6) is 1.80. The van der Waals surface area contributed by atoms with Crippen molar-refractivity contribution in [1.82, 2.24) is 14.5 Å². The maximum absolute atomic E-state index is 12.2. The molecule has 0 saturated heterocycles. The smallest absolute Gasteiger partial charge is 0.224 e. The molecular formula is C22H26N4OS. The van der Waals surface area contributed by atoms with Crippen LogP contribution in [0.4, 0.5) is 5.69 Å². The summed E-state index contributed by atoms with van der Waals surface area (Å²) in [5, 5.41) is 3.95. The van der Waals surface area contributed by atoms with Crippen molar-refractivity contribution in [2.45, 2.75) is 50.9 Å². The number of para-hydroxylation sites is 1. The third kappa shape index (κ3) is 5.45. The zero-order chi connectivity index (χ0) is 19.9. The van der Waals surface area contributed by atoms with Gasteiger partial charge in [0.05, 0.1) is 10.8 Å². The summed E-state index contributed by atoms with van der Waals surface area (Å²) < 4.78 is 2.20. The van der Waals surface area contributed by atoms with Gasteiger partial charge in [-0.15, -0.1) is 0 Å². The van der Waals surface area contributed by atoms with Crippen molar-refractivity contribution < 1.29 is 4.79 Å². The fourth-order valence-electron chi connectivity index (χ4n) is 3.16. The van der Waals surface area contributed by atoms with E-state index in [2.05, 4.69) is 45.8 Å². The van der Waals surface area contributed by atoms with Crippen LogP contribution in [0.1, 0.15) is 36.1 Å². The van der Waals surface area contributed by atoms with Crippen LogP contribution in [-0.4, -0.2) is 20.4 Å². The van der Waals surface area contributed by atoms with E-state index < -0.39 is 0 Å². The van der Waals surface area contributed by atoms with Gasteiger partial charge in [-0.05, 0) is 57.0 Å². The summed E-state index contributed by atoms with van der Waals surface area (Å²) in [6, 6.07) is 13.7. The summed E-state index contributed by atoms with van der Waals surface area (Å²) in [5.41, 5.74) is 4.18. The average Bonchev–Trinajstić information content (AvgIpc) is 3.06. The third-order valence-electron chi connectivity index (χ3n) is 4.43. The second-order valence-corrected chi connectivity index (χ2v) is 7.73. The molecule has 0 fully saturated rings. The molecule has 0 spiro atoms. The minimum atomic E-state index is 0.0189. The molecule has 0 aliphatic rings. The molecule has 0 aliphatic carbocycles. The lowest BCUT2D eigenvalue weighted by molar-refractivity contribution is -0.116. The van der Waals surface area contributed by atoms with Gasteiger partial charge in [-0.2, -0.15) is 0 Å². The number of carbonyl (C=O) groups excluding carboxylic acids is 1. The number of benzene rings is 1. The fraction of sp³-hybridized carbons (Fsp3) is 0.318. The van der Waals surface area contributed by atoms with Crippen LogP contribution in [-0.2, 0) is 23.5 Å². The van der Waals surface area contributed by atoms with E-state index in [1.165, 1.54) is 5.56 Å². The Hall–Kier alpha value is -2.60. The van der Waals surface area contributed by atoms with E-state index in [1.54, 1.807) is 11.8 Å². The summed E-state index contributed by atoms with van der Waals surface area (Å²) in [7, 11) is 0. The Morgan fingerprint density at radius 1 is 1.18 bits per heavy atom. The molecule has 2 aromatic heterocycles. The average molecular weight is 395 g/mol. The highest BCUT2D eigenvalue weighted by Crippen LogP contribution is 2.23. The standard InChI is InChI=1S/C22H26N4OS/c1-4-26-19(10-11-21(27)25-18-8-6-5-7-9-18)14-23-20(26)15-28-22-13-16(2)12-17(3)24-22/h5-9,12-14H,4,10-11,15H2,1-3H3,(H,25,27). The van der Waals surface area contributed by atoms with Crippen molar-refractivity contribution >= 4 is 23.4 Å². The van der Waals surface area contributed by atoms with Crippen LogP contribution in [0, 0.1) is 13.8 Å². The lowest BCUT2D eigenvalue weighted by Crippen LogP contribution is -2.14. The van der Waals surface area contributed by atoms with Gasteiger partial charge in [-0.3, -0.25) is 4.79 Å². The molecule has 1 aromatic carbocycles. The Morgan fingerprint density at radius 2 is 1.96 bits per heavy atom. The number of carbonyl (C=O) groups is 1. The van der Waals surface area contributed by atoms with Crippen molar-refractivity contribution in [2.75, 3.05) is 5.32 Å². The number of amides is 1. The number of hydrogen-bond donors (Lipinski definition) is 1. The highest BCUT2D eigenvalue weighted by molar-refractivity contribution is 7.98. The van der Waals surface area contributed by atoms with Gasteiger partial charge >= 0.3 is 0 Å². The van der Waals surface area contributed by atoms with E-state index >= 15 is 0 Å². The molecule has 0 bridgehead atoms. The number of anilines is 1. The number of imidazole rings is 1. The van der Waals surface area contributed by atoms with Crippen LogP contribution < -0.4 is 5.32 Å². The Kier molecular flexibility index (Phi) is 6.87. The molecule has 28 heavy (non-hydrogen) atoms. The fourth-order valence-corrected chi connectivity index (χ4v) is 4.14. The molecule has 146 valence electrons. The van der Waals surface area contributed by atoms with Crippen LogP contribution in [0.25, 0.3) is 0 Å². The first-order chi connectivity index (χ1) is 13.5. The summed E-state index contributed by atoms with van der Waals surface area (Å²) in [4.78, 5) is 21.4. The topological polar surface area (TPSA) is 59.8 Å². The van der Waals surface area contributed by atoms with Crippen LogP contribution in [0.3, 0.4) is 0 Å². The molecule has 0 atom stereocenters. The van der Waals surface area contributed by atoms with E-state index in [0.717, 1.165) is 40.2 Å². The molecule has 0 saturated carbocycles. The second kappa shape index (κ2) is 9.55. The van der Waals surface area contributed by atoms with E-state index in [0.29, 0.717) is 12.8 Å². The van der Waals surface area contributed by atoms with Crippen molar-refractivity contribution in [3.8, 4) is 0 Å². The zero-order valence-electron chi connectivity index (χ0n) is 16.6. The van der Waals surface area contributed by atoms with Crippen molar-refractivity contribution in [3.63, 3.8) is 0 Å². The number of thioether (sulfide) groups is 1. The zero-order valence-corrected chi connectivity index (χ0v) is 17.4. The Morgan fingerprint density at radius 3 is 2.68 bits per heavy atom. The molecule has 3 aromatic rings. The van der Waals surface area contributed by atoms with Gasteiger partial charge < -0.3 is 9.88 Å². The maximum atomic E-state index is 12.2. The van der Waals surface area contributed by atoms with Crippen LogP contribution in [0.2, 0.25) is 0 Å². The van der Waals surface area contributed by atoms with Gasteiger partial charge in [-0.25, -0.2) is 9.97 Å². The molecule has 3 rings (SSSR count). The lowest BCUT2D eigenvalue weighted by atomic mass is 10.2. The van der Waals surface area contributed by atoms with E-state index in [9.17, 15) is 4.79 Å². The van der Waals surface area contributed by atoms with Gasteiger partial charge in [0.2, 0.25) is 5.91 Å². The predicted molar refractivity (Wildman–Crippen MR) is 115 cm³/mol. The molecule has 6 heteroatoms. The van der Waals surface area contributed by atoms with Crippen molar-refractivity contribution in [2.24, 2.45) is 0 Å². The number of pyridine rings is 1. The molecule has 0 aliphatic heterocycles. The third-order valence-corrected chi connectivity index (χ3v) is 5.33. The quantitative estimate of drug-likeness (QED) is 0.559. The SMILES string of the molecule is CCn1c(CCC(=O)Nc2ccccc2)cnc1CSc1cc(C)cc(C)n1. The second-order valence-electron chi connectivity index (χ2n) is 6.74. The first-order valence-corrected chi connectivity index (χ1v) is 10.5. The first kappa shape index (κ1) is 20.1. The Balaban J connectivity index is 1.59. The largest absolute Gasteiger partial charge is 0.332 e. The predicted octanol–water partition coefficient (Wildman–Crippen LogP) is 4.78. The van der Waals surface area contributed by atoms with Gasteiger partial charge in [0, 0.05) is 36.2 Å². The van der Waals surface area contributed by atoms with E-state index in [-0.39, 0.29) is 5.91 Å². The van der Waals surface area contributed by atoms with Crippen molar-refractivity contribution in [3.05, 3.63) is 71.4 Å². The summed E-state index contributed by atoms with van der Waals surface area (Å²) in [6.07, 6.45) is 3.00. The van der Waals surface area contributed by atoms with Gasteiger partial charge in [0.15, 0.2) is 0 Å². The molecule has 5 nitrogen and oxygen atoms in total. The number of nitrogens with zero attached hydrogens (tertiary/aromatic N) is 3. The molecular weight excluding hydrogens is 368 g/mol.